The third-order valence-corrected chi connectivity index (χ3v) is 6.41. The van der Waals surface area contributed by atoms with Crippen molar-refractivity contribution < 1.29 is 14.4 Å². The Morgan fingerprint density at radius 2 is 2.13 bits per heavy atom. The van der Waals surface area contributed by atoms with Crippen LogP contribution in [0, 0.1) is 0 Å². The number of nitrogens with zero attached hydrogens (tertiary/aromatic N) is 4. The molecular formula is C22H25N5O3S. The second-order valence-electron chi connectivity index (χ2n) is 7.91. The first-order chi connectivity index (χ1) is 14.9. The highest BCUT2D eigenvalue weighted by Gasteiger charge is 2.29. The number of nitrogens with one attached hydrogen (secondary N) is 1. The summed E-state index contributed by atoms with van der Waals surface area (Å²) in [5.74, 6) is 0.427. The second kappa shape index (κ2) is 9.05. The SMILES string of the molecule is CN(C)C(=O)c1cc([C@@H]2CCN(C(=O)CCN=C3NC(=O)CS3)C2)nc2ccccc12. The van der Waals surface area contributed by atoms with E-state index < -0.39 is 0 Å². The Hall–Kier alpha value is -2.94. The minimum atomic E-state index is -0.0539. The van der Waals surface area contributed by atoms with Crippen molar-refractivity contribution in [2.45, 2.75) is 18.8 Å². The van der Waals surface area contributed by atoms with Gasteiger partial charge in [-0.1, -0.05) is 30.0 Å². The third kappa shape index (κ3) is 4.71. The van der Waals surface area contributed by atoms with Gasteiger partial charge in [-0.2, -0.15) is 0 Å². The molecule has 1 atom stereocenters. The summed E-state index contributed by atoms with van der Waals surface area (Å²) in [5, 5.41) is 4.11. The highest BCUT2D eigenvalue weighted by Crippen LogP contribution is 2.30. The van der Waals surface area contributed by atoms with Crippen molar-refractivity contribution >= 4 is 45.6 Å². The van der Waals surface area contributed by atoms with Crippen LogP contribution in [0.4, 0.5) is 0 Å². The summed E-state index contributed by atoms with van der Waals surface area (Å²) >= 11 is 1.36. The van der Waals surface area contributed by atoms with Crippen molar-refractivity contribution in [3.8, 4) is 0 Å². The number of likely N-dealkylation sites (tertiary alicyclic amines) is 1. The van der Waals surface area contributed by atoms with Crippen LogP contribution in [0.3, 0.4) is 0 Å². The summed E-state index contributed by atoms with van der Waals surface area (Å²) < 4.78 is 0. The topological polar surface area (TPSA) is 95.0 Å². The quantitative estimate of drug-likeness (QED) is 0.767. The monoisotopic (exact) mass is 439 g/mol. The lowest BCUT2D eigenvalue weighted by molar-refractivity contribution is -0.129. The number of benzene rings is 1. The van der Waals surface area contributed by atoms with Gasteiger partial charge in [-0.15, -0.1) is 0 Å². The molecule has 3 heterocycles. The maximum absolute atomic E-state index is 12.7. The van der Waals surface area contributed by atoms with Gasteiger partial charge in [0.05, 0.1) is 23.4 Å². The van der Waals surface area contributed by atoms with E-state index in [4.69, 9.17) is 4.98 Å². The lowest BCUT2D eigenvalue weighted by Crippen LogP contribution is -2.29. The van der Waals surface area contributed by atoms with Crippen LogP contribution in [0.2, 0.25) is 0 Å². The molecule has 2 aliphatic heterocycles. The van der Waals surface area contributed by atoms with Gasteiger partial charge in [-0.25, -0.2) is 0 Å². The van der Waals surface area contributed by atoms with Crippen molar-refractivity contribution in [1.29, 1.82) is 0 Å². The average Bonchev–Trinajstić information content (AvgIpc) is 3.41. The van der Waals surface area contributed by atoms with Crippen LogP contribution in [0.1, 0.15) is 34.8 Å². The van der Waals surface area contributed by atoms with Crippen LogP contribution >= 0.6 is 11.8 Å². The van der Waals surface area contributed by atoms with E-state index in [1.54, 1.807) is 19.0 Å². The van der Waals surface area contributed by atoms with E-state index in [1.807, 2.05) is 35.2 Å². The van der Waals surface area contributed by atoms with Crippen LogP contribution in [0.5, 0.6) is 0 Å². The number of hydrogen-bond acceptors (Lipinski definition) is 6. The van der Waals surface area contributed by atoms with Crippen LogP contribution in [-0.4, -0.2) is 77.2 Å². The van der Waals surface area contributed by atoms with Gasteiger partial charge < -0.3 is 15.1 Å². The fraction of sp³-hybridized carbons (Fsp3) is 0.409. The molecule has 1 aromatic heterocycles. The third-order valence-electron chi connectivity index (χ3n) is 5.50. The van der Waals surface area contributed by atoms with Gasteiger partial charge in [-0.3, -0.25) is 24.4 Å². The summed E-state index contributed by atoms with van der Waals surface area (Å²) in [6.07, 6.45) is 1.12. The van der Waals surface area contributed by atoms with Gasteiger partial charge in [0.1, 0.15) is 0 Å². The average molecular weight is 440 g/mol. The van der Waals surface area contributed by atoms with Crippen LogP contribution in [0.25, 0.3) is 10.9 Å². The fourth-order valence-electron chi connectivity index (χ4n) is 3.87. The van der Waals surface area contributed by atoms with E-state index >= 15 is 0 Å². The molecule has 0 saturated carbocycles. The first kappa shape index (κ1) is 21.3. The molecule has 31 heavy (non-hydrogen) atoms. The van der Waals surface area contributed by atoms with Crippen molar-refractivity contribution in [2.24, 2.45) is 4.99 Å². The molecule has 2 fully saturated rings. The summed E-state index contributed by atoms with van der Waals surface area (Å²) in [7, 11) is 3.48. The Kier molecular flexibility index (Phi) is 6.22. The molecule has 3 amide bonds. The molecule has 0 aliphatic carbocycles. The number of pyridine rings is 1. The van der Waals surface area contributed by atoms with E-state index in [1.165, 1.54) is 11.8 Å². The normalized spacial score (nSPS) is 19.8. The van der Waals surface area contributed by atoms with Crippen molar-refractivity contribution in [1.82, 2.24) is 20.1 Å². The molecule has 0 bridgehead atoms. The zero-order valence-electron chi connectivity index (χ0n) is 17.6. The maximum atomic E-state index is 12.7. The number of fused-ring (bicyclic) bond motifs is 1. The first-order valence-electron chi connectivity index (χ1n) is 10.3. The predicted molar refractivity (Wildman–Crippen MR) is 121 cm³/mol. The van der Waals surface area contributed by atoms with E-state index in [2.05, 4.69) is 10.3 Å². The Balaban J connectivity index is 1.45. The second-order valence-corrected chi connectivity index (χ2v) is 8.87. The minimum Gasteiger partial charge on any atom is -0.345 e. The van der Waals surface area contributed by atoms with E-state index in [0.717, 1.165) is 23.0 Å². The van der Waals surface area contributed by atoms with Crippen LogP contribution < -0.4 is 5.32 Å². The number of para-hydroxylation sites is 1. The Morgan fingerprint density at radius 3 is 2.87 bits per heavy atom. The molecule has 1 aromatic carbocycles. The molecule has 8 nitrogen and oxygen atoms in total. The van der Waals surface area contributed by atoms with Gasteiger partial charge in [0.15, 0.2) is 5.17 Å². The summed E-state index contributed by atoms with van der Waals surface area (Å²) in [4.78, 5) is 49.1. The number of rotatable bonds is 5. The summed E-state index contributed by atoms with van der Waals surface area (Å²) in [6.45, 7) is 1.61. The maximum Gasteiger partial charge on any atom is 0.254 e. The van der Waals surface area contributed by atoms with Gasteiger partial charge in [0.25, 0.3) is 5.91 Å². The Morgan fingerprint density at radius 1 is 1.32 bits per heavy atom. The Bertz CT molecular complexity index is 1070. The molecule has 0 radical (unpaired) electrons. The minimum absolute atomic E-state index is 0.0477. The largest absolute Gasteiger partial charge is 0.345 e. The lowest BCUT2D eigenvalue weighted by atomic mass is 9.99. The molecule has 0 spiro atoms. The van der Waals surface area contributed by atoms with Crippen LogP contribution in [-0.2, 0) is 9.59 Å². The number of amides is 3. The zero-order valence-corrected chi connectivity index (χ0v) is 18.4. The van der Waals surface area contributed by atoms with E-state index in [-0.39, 0.29) is 23.6 Å². The predicted octanol–water partition coefficient (Wildman–Crippen LogP) is 1.86. The summed E-state index contributed by atoms with van der Waals surface area (Å²) in [6, 6.07) is 9.54. The number of amidine groups is 1. The van der Waals surface area contributed by atoms with Crippen molar-refractivity contribution in [3.05, 3.63) is 41.6 Å². The van der Waals surface area contributed by atoms with Crippen molar-refractivity contribution in [3.63, 3.8) is 0 Å². The van der Waals surface area contributed by atoms with Gasteiger partial charge in [0, 0.05) is 50.6 Å². The van der Waals surface area contributed by atoms with Gasteiger partial charge >= 0.3 is 0 Å². The highest BCUT2D eigenvalue weighted by atomic mass is 32.2. The summed E-state index contributed by atoms with van der Waals surface area (Å²) in [5.41, 5.74) is 2.29. The molecule has 0 unspecified atom stereocenters. The number of aliphatic imine (C=N–C) groups is 1. The molecule has 1 N–H and O–H groups in total. The number of hydrogen-bond donors (Lipinski definition) is 1. The number of carbonyl (C=O) groups excluding carboxylic acids is 3. The molecule has 2 saturated heterocycles. The number of thioether (sulfide) groups is 1. The molecule has 2 aromatic rings. The molecule has 2 aliphatic rings. The molecule has 4 rings (SSSR count). The van der Waals surface area contributed by atoms with Gasteiger partial charge in [-0.05, 0) is 18.6 Å². The highest BCUT2D eigenvalue weighted by molar-refractivity contribution is 8.15. The number of carbonyl (C=O) groups is 3. The van der Waals surface area contributed by atoms with Crippen LogP contribution in [0.15, 0.2) is 35.3 Å². The van der Waals surface area contributed by atoms with E-state index in [9.17, 15) is 14.4 Å². The standard InChI is InChI=1S/C22H25N5O3S/c1-26(2)21(30)16-11-18(24-17-6-4-3-5-15(16)17)14-8-10-27(12-14)20(29)7-9-23-22-25-19(28)13-31-22/h3-6,11,14H,7-10,12-13H2,1-2H3,(H,23,25,28)/t14-/m1/s1. The first-order valence-corrected chi connectivity index (χ1v) is 11.3. The smallest absolute Gasteiger partial charge is 0.254 e. The molecular weight excluding hydrogens is 414 g/mol. The Labute approximate surface area is 185 Å². The van der Waals surface area contributed by atoms with E-state index in [0.29, 0.717) is 42.5 Å². The zero-order chi connectivity index (χ0) is 22.0. The fourth-order valence-corrected chi connectivity index (χ4v) is 4.58. The lowest BCUT2D eigenvalue weighted by Gasteiger charge is -2.18. The van der Waals surface area contributed by atoms with Gasteiger partial charge in [0.2, 0.25) is 11.8 Å². The molecule has 9 heteroatoms. The van der Waals surface area contributed by atoms with Crippen molar-refractivity contribution in [2.75, 3.05) is 39.5 Å². The molecule has 162 valence electrons. The number of aromatic nitrogens is 1.